The molecule has 11 heteroatoms. The summed E-state index contributed by atoms with van der Waals surface area (Å²) >= 11 is 1.05. The van der Waals surface area contributed by atoms with E-state index in [1.54, 1.807) is 0 Å². The molecule has 1 N–H and O–H groups in total. The summed E-state index contributed by atoms with van der Waals surface area (Å²) in [6.45, 7) is 0. The molecule has 7 nitrogen and oxygen atoms in total. The molecule has 3 rings (SSSR count). The summed E-state index contributed by atoms with van der Waals surface area (Å²) in [7, 11) is 0. The van der Waals surface area contributed by atoms with Crippen molar-refractivity contribution in [1.82, 2.24) is 14.2 Å². The monoisotopic (exact) mass is 383 g/mol. The van der Waals surface area contributed by atoms with Crippen molar-refractivity contribution in [2.75, 3.05) is 0 Å². The molecule has 0 fully saturated rings. The molecule has 0 saturated heterocycles. The van der Waals surface area contributed by atoms with E-state index in [9.17, 15) is 27.9 Å². The average Bonchev–Trinajstić information content (AvgIpc) is 3.08. The minimum absolute atomic E-state index is 0.0896. The van der Waals surface area contributed by atoms with Crippen LogP contribution >= 0.6 is 11.5 Å². The molecule has 26 heavy (non-hydrogen) atoms. The highest BCUT2D eigenvalue weighted by molar-refractivity contribution is 7.03. The Morgan fingerprint density at radius 3 is 2.46 bits per heavy atom. The van der Waals surface area contributed by atoms with Crippen LogP contribution in [0, 0.1) is 0 Å². The number of rotatable bonds is 4. The van der Waals surface area contributed by atoms with Crippen LogP contribution in [0.3, 0.4) is 0 Å². The predicted octanol–water partition coefficient (Wildman–Crippen LogP) is 2.95. The Balaban J connectivity index is 2.08. The number of hydrogen-bond acceptors (Lipinski definition) is 6. The fourth-order valence-corrected chi connectivity index (χ4v) is 2.59. The van der Waals surface area contributed by atoms with Gasteiger partial charge in [-0.2, -0.15) is 14.2 Å². The van der Waals surface area contributed by atoms with Gasteiger partial charge in [0, 0.05) is 10.9 Å². The highest BCUT2D eigenvalue weighted by atomic mass is 32.1. The molecule has 0 saturated carbocycles. The SMILES string of the molecule is O=C(O)c1cc(-c2ccc(OC(F)(F)F)cc2)nn(-c2cnsc2)c1=O. The number of carboxylic acids is 1. The molecule has 2 aromatic heterocycles. The molecule has 2 heterocycles. The Kier molecular flexibility index (Phi) is 4.47. The Labute approximate surface area is 147 Å². The molecular weight excluding hydrogens is 375 g/mol. The first kappa shape index (κ1) is 17.6. The molecule has 0 bridgehead atoms. The van der Waals surface area contributed by atoms with Crippen molar-refractivity contribution in [3.63, 3.8) is 0 Å². The summed E-state index contributed by atoms with van der Waals surface area (Å²) in [6.07, 6.45) is -3.48. The number of benzene rings is 1. The molecule has 0 atom stereocenters. The molecule has 0 aliphatic rings. The van der Waals surface area contributed by atoms with E-state index in [0.717, 1.165) is 34.4 Å². The normalized spacial score (nSPS) is 11.3. The lowest BCUT2D eigenvalue weighted by Crippen LogP contribution is -2.27. The molecule has 134 valence electrons. The largest absolute Gasteiger partial charge is 0.573 e. The van der Waals surface area contributed by atoms with Gasteiger partial charge in [-0.05, 0) is 41.9 Å². The number of hydrogen-bond donors (Lipinski definition) is 1. The third kappa shape index (κ3) is 3.72. The third-order valence-electron chi connectivity index (χ3n) is 3.19. The minimum Gasteiger partial charge on any atom is -0.477 e. The van der Waals surface area contributed by atoms with Gasteiger partial charge in [0.05, 0.1) is 17.6 Å². The predicted molar refractivity (Wildman–Crippen MR) is 84.6 cm³/mol. The van der Waals surface area contributed by atoms with Gasteiger partial charge < -0.3 is 9.84 Å². The first-order valence-corrected chi connectivity index (χ1v) is 7.72. The maximum absolute atomic E-state index is 12.3. The molecule has 0 unspecified atom stereocenters. The van der Waals surface area contributed by atoms with E-state index in [-0.39, 0.29) is 11.4 Å². The number of carbonyl (C=O) groups is 1. The lowest BCUT2D eigenvalue weighted by molar-refractivity contribution is -0.274. The Morgan fingerprint density at radius 2 is 1.92 bits per heavy atom. The van der Waals surface area contributed by atoms with Crippen molar-refractivity contribution >= 4 is 17.5 Å². The summed E-state index contributed by atoms with van der Waals surface area (Å²) < 4.78 is 45.1. The van der Waals surface area contributed by atoms with Crippen molar-refractivity contribution in [2.24, 2.45) is 0 Å². The van der Waals surface area contributed by atoms with Crippen LogP contribution in [0.15, 0.2) is 46.7 Å². The van der Waals surface area contributed by atoms with Crippen LogP contribution in [0.2, 0.25) is 0 Å². The Hall–Kier alpha value is -3.21. The highest BCUT2D eigenvalue weighted by Crippen LogP contribution is 2.26. The molecule has 0 amide bonds. The minimum atomic E-state index is -4.82. The van der Waals surface area contributed by atoms with E-state index in [1.807, 2.05) is 0 Å². The van der Waals surface area contributed by atoms with Crippen LogP contribution in [0.4, 0.5) is 13.2 Å². The van der Waals surface area contributed by atoms with Gasteiger partial charge in [0.25, 0.3) is 5.56 Å². The third-order valence-corrected chi connectivity index (χ3v) is 3.76. The van der Waals surface area contributed by atoms with Crippen LogP contribution in [0.25, 0.3) is 16.9 Å². The van der Waals surface area contributed by atoms with E-state index in [2.05, 4.69) is 14.2 Å². The summed E-state index contributed by atoms with van der Waals surface area (Å²) in [5.74, 6) is -1.89. The zero-order chi connectivity index (χ0) is 18.9. The maximum atomic E-state index is 12.3. The van der Waals surface area contributed by atoms with Gasteiger partial charge in [-0.15, -0.1) is 13.2 Å². The Bertz CT molecular complexity index is 998. The fraction of sp³-hybridized carbons (Fsp3) is 0.0667. The van der Waals surface area contributed by atoms with Crippen molar-refractivity contribution in [3.8, 4) is 22.7 Å². The summed E-state index contributed by atoms with van der Waals surface area (Å²) in [6, 6.07) is 5.73. The van der Waals surface area contributed by atoms with Crippen LogP contribution in [0.1, 0.15) is 10.4 Å². The van der Waals surface area contributed by atoms with Gasteiger partial charge >= 0.3 is 12.3 Å². The van der Waals surface area contributed by atoms with Gasteiger partial charge in [-0.1, -0.05) is 0 Å². The number of ether oxygens (including phenoxy) is 1. The first-order valence-electron chi connectivity index (χ1n) is 6.88. The number of aromatic carboxylic acids is 1. The smallest absolute Gasteiger partial charge is 0.477 e. The van der Waals surface area contributed by atoms with Gasteiger partial charge in [-0.25, -0.2) is 4.79 Å². The van der Waals surface area contributed by atoms with E-state index in [4.69, 9.17) is 0 Å². The van der Waals surface area contributed by atoms with Crippen molar-refractivity contribution in [2.45, 2.75) is 6.36 Å². The van der Waals surface area contributed by atoms with Gasteiger partial charge in [0.15, 0.2) is 0 Å². The van der Waals surface area contributed by atoms with Crippen LogP contribution < -0.4 is 10.3 Å². The van der Waals surface area contributed by atoms with Crippen LogP contribution in [-0.2, 0) is 0 Å². The van der Waals surface area contributed by atoms with E-state index in [0.29, 0.717) is 5.56 Å². The van der Waals surface area contributed by atoms with Gasteiger partial charge in [0.2, 0.25) is 0 Å². The highest BCUT2D eigenvalue weighted by Gasteiger charge is 2.31. The topological polar surface area (TPSA) is 94.3 Å². The molecular formula is C15H8F3N3O4S. The zero-order valence-corrected chi connectivity index (χ0v) is 13.4. The van der Waals surface area contributed by atoms with Gasteiger partial charge in [-0.3, -0.25) is 4.79 Å². The molecule has 1 aromatic carbocycles. The zero-order valence-electron chi connectivity index (χ0n) is 12.6. The number of alkyl halides is 3. The number of aromatic nitrogens is 3. The second-order valence-corrected chi connectivity index (χ2v) is 5.58. The maximum Gasteiger partial charge on any atom is 0.573 e. The molecule has 0 spiro atoms. The lowest BCUT2D eigenvalue weighted by atomic mass is 10.1. The molecule has 3 aromatic rings. The van der Waals surface area contributed by atoms with Crippen molar-refractivity contribution in [3.05, 3.63) is 57.8 Å². The van der Waals surface area contributed by atoms with E-state index < -0.39 is 29.2 Å². The average molecular weight is 383 g/mol. The van der Waals surface area contributed by atoms with Crippen molar-refractivity contribution in [1.29, 1.82) is 0 Å². The summed E-state index contributed by atoms with van der Waals surface area (Å²) in [5.41, 5.74) is -0.706. The second kappa shape index (κ2) is 6.59. The Morgan fingerprint density at radius 1 is 1.23 bits per heavy atom. The fourth-order valence-electron chi connectivity index (χ4n) is 2.10. The lowest BCUT2D eigenvalue weighted by Gasteiger charge is -2.10. The second-order valence-electron chi connectivity index (χ2n) is 4.92. The standard InChI is InChI=1S/C15H8F3N3O4S/c16-15(17,18)25-10-3-1-8(2-4-10)12-5-11(14(23)24)13(22)21(20-12)9-6-19-26-7-9/h1-7H,(H,23,24). The van der Waals surface area contributed by atoms with Crippen LogP contribution in [-0.4, -0.2) is 31.6 Å². The summed E-state index contributed by atoms with van der Waals surface area (Å²) in [5, 5.41) is 14.8. The number of halogens is 3. The van der Waals surface area contributed by atoms with Crippen molar-refractivity contribution < 1.29 is 27.8 Å². The number of nitrogens with zero attached hydrogens (tertiary/aromatic N) is 3. The first-order chi connectivity index (χ1) is 12.2. The molecule has 0 radical (unpaired) electrons. The quantitative estimate of drug-likeness (QED) is 0.744. The van der Waals surface area contributed by atoms with E-state index in [1.165, 1.54) is 23.7 Å². The van der Waals surface area contributed by atoms with E-state index >= 15 is 0 Å². The summed E-state index contributed by atoms with van der Waals surface area (Å²) in [4.78, 5) is 23.6. The van der Waals surface area contributed by atoms with Crippen LogP contribution in [0.5, 0.6) is 5.75 Å². The number of carboxylic acid groups (broad SMARTS) is 1. The molecule has 0 aliphatic carbocycles. The molecule has 0 aliphatic heterocycles. The van der Waals surface area contributed by atoms with Gasteiger partial charge in [0.1, 0.15) is 11.3 Å².